The normalized spacial score (nSPS) is 11.2. The number of hydrogen-bond donors (Lipinski definition) is 0. The van der Waals surface area contributed by atoms with Gasteiger partial charge in [0.2, 0.25) is 0 Å². The first-order valence-electron chi connectivity index (χ1n) is 15.6. The molecule has 0 aliphatic carbocycles. The third-order valence-electron chi connectivity index (χ3n) is 7.56. The van der Waals surface area contributed by atoms with Crippen molar-refractivity contribution in [2.45, 2.75) is 46.8 Å². The molecule has 0 saturated carbocycles. The quantitative estimate of drug-likeness (QED) is 0.124. The van der Waals surface area contributed by atoms with E-state index < -0.39 is 8.07 Å². The molecule has 2 heterocycles. The second-order valence-electron chi connectivity index (χ2n) is 13.6. The van der Waals surface area contributed by atoms with Gasteiger partial charge in [-0.15, -0.1) is 71.3 Å². The Morgan fingerprint density at radius 1 is 0.587 bits per heavy atom. The molecular weight excluding hydrogens is 753 g/mol. The zero-order valence-corrected chi connectivity index (χ0v) is 31.0. The van der Waals surface area contributed by atoms with Gasteiger partial charge in [-0.2, -0.15) is 0 Å². The topological polar surface area (TPSA) is 25.8 Å². The molecule has 0 unspecified atom stereocenters. The molecule has 4 aromatic carbocycles. The average Bonchev–Trinajstić information content (AvgIpc) is 3.05. The van der Waals surface area contributed by atoms with E-state index in [0.29, 0.717) is 0 Å². The van der Waals surface area contributed by atoms with Crippen LogP contribution in [0.25, 0.3) is 44.8 Å². The summed E-state index contributed by atoms with van der Waals surface area (Å²) in [5.74, 6) is 0. The van der Waals surface area contributed by atoms with Crippen LogP contribution in [0.15, 0.2) is 134 Å². The molecule has 1 radical (unpaired) electrons. The molecule has 0 bridgehead atoms. The van der Waals surface area contributed by atoms with Gasteiger partial charge in [-0.25, -0.2) is 0 Å². The SMILES string of the molecule is CC(C)(C)Cc1cc(-c2[c-]cccc2)ncc1[Si](C)(C)C.[Ir].[c-]1ccc(-c2ccccc2)cc1-c1cc(-c2ccccc2)ccn1. The number of benzene rings is 4. The third-order valence-corrected chi connectivity index (χ3v) is 9.62. The van der Waals surface area contributed by atoms with E-state index >= 15 is 0 Å². The van der Waals surface area contributed by atoms with Gasteiger partial charge in [-0.1, -0.05) is 119 Å². The third kappa shape index (κ3) is 9.53. The molecule has 0 amide bonds. The Morgan fingerprint density at radius 3 is 1.76 bits per heavy atom. The van der Waals surface area contributed by atoms with Gasteiger partial charge in [-0.3, -0.25) is 0 Å². The molecular formula is C42H42IrN2Si-2. The first kappa shape index (κ1) is 34.9. The summed E-state index contributed by atoms with van der Waals surface area (Å²) in [7, 11) is -1.37. The van der Waals surface area contributed by atoms with E-state index in [1.807, 2.05) is 48.7 Å². The van der Waals surface area contributed by atoms with Crippen LogP contribution in [0.5, 0.6) is 0 Å². The van der Waals surface area contributed by atoms with E-state index in [4.69, 9.17) is 4.98 Å². The van der Waals surface area contributed by atoms with Crippen molar-refractivity contribution in [3.05, 3.63) is 151 Å². The fourth-order valence-electron chi connectivity index (χ4n) is 5.40. The zero-order chi connectivity index (χ0) is 31.9. The van der Waals surface area contributed by atoms with Crippen LogP contribution in [0.1, 0.15) is 26.3 Å². The number of aromatic nitrogens is 2. The minimum absolute atomic E-state index is 0. The van der Waals surface area contributed by atoms with E-state index in [9.17, 15) is 0 Å². The maximum absolute atomic E-state index is 4.71. The molecule has 0 N–H and O–H groups in total. The second-order valence-corrected chi connectivity index (χ2v) is 18.7. The zero-order valence-electron chi connectivity index (χ0n) is 27.6. The van der Waals surface area contributed by atoms with Gasteiger partial charge < -0.3 is 9.97 Å². The Kier molecular flexibility index (Phi) is 11.8. The van der Waals surface area contributed by atoms with E-state index in [1.54, 1.807) is 0 Å². The van der Waals surface area contributed by atoms with Crippen molar-refractivity contribution in [1.29, 1.82) is 0 Å². The monoisotopic (exact) mass is 795 g/mol. The van der Waals surface area contributed by atoms with Crippen molar-refractivity contribution in [2.75, 3.05) is 0 Å². The Hall–Kier alpha value is -3.95. The minimum Gasteiger partial charge on any atom is -0.305 e. The van der Waals surface area contributed by atoms with Gasteiger partial charge >= 0.3 is 0 Å². The molecule has 2 nitrogen and oxygen atoms in total. The molecule has 4 heteroatoms. The maximum Gasteiger partial charge on any atom is 0.0798 e. The molecule has 46 heavy (non-hydrogen) atoms. The predicted octanol–water partition coefficient (Wildman–Crippen LogP) is 10.6. The number of nitrogens with zero attached hydrogens (tertiary/aromatic N) is 2. The molecule has 0 saturated heterocycles. The summed E-state index contributed by atoms with van der Waals surface area (Å²) in [6.45, 7) is 14.1. The van der Waals surface area contributed by atoms with Gasteiger partial charge in [0.15, 0.2) is 0 Å². The van der Waals surface area contributed by atoms with Crippen LogP contribution in [-0.4, -0.2) is 18.0 Å². The van der Waals surface area contributed by atoms with Gasteiger partial charge in [0.05, 0.1) is 8.07 Å². The molecule has 0 atom stereocenters. The van der Waals surface area contributed by atoms with Crippen LogP contribution in [0, 0.1) is 17.5 Å². The standard InChI is InChI=1S/C23H16N.C19H26NSi.Ir/c1-3-8-18(9-4-1)20-12-7-13-22(16-20)23-17-21(14-15-24-23)19-10-5-2-6-11-19;1-19(2,3)13-16-12-17(15-10-8-7-9-11-15)20-14-18(16)21(4,5)6;/h1-12,14-17H;7-10,12,14H,13H2,1-6H3;/q2*-1;. The number of hydrogen-bond acceptors (Lipinski definition) is 2. The van der Waals surface area contributed by atoms with E-state index in [1.165, 1.54) is 33.0 Å². The van der Waals surface area contributed by atoms with Crippen molar-refractivity contribution in [2.24, 2.45) is 5.41 Å². The van der Waals surface area contributed by atoms with Crippen molar-refractivity contribution >= 4 is 13.3 Å². The van der Waals surface area contributed by atoms with E-state index in [0.717, 1.165) is 28.9 Å². The summed E-state index contributed by atoms with van der Waals surface area (Å²) in [5, 5.41) is 1.48. The van der Waals surface area contributed by atoms with Crippen LogP contribution in [0.3, 0.4) is 0 Å². The Morgan fingerprint density at radius 2 is 1.17 bits per heavy atom. The molecule has 2 aromatic heterocycles. The van der Waals surface area contributed by atoms with Crippen LogP contribution < -0.4 is 5.19 Å². The first-order valence-corrected chi connectivity index (χ1v) is 19.1. The van der Waals surface area contributed by atoms with Crippen molar-refractivity contribution in [3.8, 4) is 44.8 Å². The average molecular weight is 795 g/mol. The van der Waals surface area contributed by atoms with E-state index in [-0.39, 0.29) is 25.5 Å². The van der Waals surface area contributed by atoms with Crippen molar-refractivity contribution < 1.29 is 20.1 Å². The predicted molar refractivity (Wildman–Crippen MR) is 194 cm³/mol. The van der Waals surface area contributed by atoms with Crippen molar-refractivity contribution in [3.63, 3.8) is 0 Å². The summed E-state index contributed by atoms with van der Waals surface area (Å²) in [6, 6.07) is 48.1. The molecule has 235 valence electrons. The number of pyridine rings is 2. The summed E-state index contributed by atoms with van der Waals surface area (Å²) < 4.78 is 0. The first-order chi connectivity index (χ1) is 21.6. The van der Waals surface area contributed by atoms with Gasteiger partial charge in [0.1, 0.15) is 0 Å². The fraction of sp³-hybridized carbons (Fsp3) is 0.190. The van der Waals surface area contributed by atoms with Crippen LogP contribution in [0.4, 0.5) is 0 Å². The Labute approximate surface area is 290 Å². The molecule has 6 aromatic rings. The van der Waals surface area contributed by atoms with E-state index in [2.05, 4.69) is 143 Å². The smallest absolute Gasteiger partial charge is 0.0798 e. The molecule has 6 rings (SSSR count). The minimum atomic E-state index is -1.37. The van der Waals surface area contributed by atoms with Gasteiger partial charge in [0.25, 0.3) is 0 Å². The molecule has 0 fully saturated rings. The second kappa shape index (κ2) is 15.6. The summed E-state index contributed by atoms with van der Waals surface area (Å²) >= 11 is 0. The summed E-state index contributed by atoms with van der Waals surface area (Å²) in [4.78, 5) is 9.25. The molecule has 0 spiro atoms. The largest absolute Gasteiger partial charge is 0.305 e. The number of rotatable bonds is 6. The van der Waals surface area contributed by atoms with Gasteiger partial charge in [0, 0.05) is 32.5 Å². The van der Waals surface area contributed by atoms with Crippen molar-refractivity contribution in [1.82, 2.24) is 9.97 Å². The Balaban J connectivity index is 0.000000207. The van der Waals surface area contributed by atoms with Gasteiger partial charge in [-0.05, 0) is 51.2 Å². The summed E-state index contributed by atoms with van der Waals surface area (Å²) in [6.07, 6.45) is 5.07. The molecule has 0 aliphatic rings. The van der Waals surface area contributed by atoms with Crippen LogP contribution in [-0.2, 0) is 26.5 Å². The Bertz CT molecular complexity index is 1740. The maximum atomic E-state index is 4.71. The van der Waals surface area contributed by atoms with Crippen LogP contribution in [0.2, 0.25) is 19.6 Å². The fourth-order valence-corrected chi connectivity index (χ4v) is 6.98. The molecule has 0 aliphatic heterocycles. The summed E-state index contributed by atoms with van der Waals surface area (Å²) in [5.41, 5.74) is 10.6. The van der Waals surface area contributed by atoms with Crippen LogP contribution >= 0.6 is 0 Å².